The van der Waals surface area contributed by atoms with E-state index in [2.05, 4.69) is 6.58 Å². The number of allylic oxidation sites excluding steroid dienone is 1. The number of hydrogen-bond acceptors (Lipinski definition) is 6. The molecule has 2 N–H and O–H groups in total. The molecule has 0 aliphatic carbocycles. The number of carbonyl (C=O) groups is 2. The predicted molar refractivity (Wildman–Crippen MR) is 122 cm³/mol. The SMILES string of the molecule is C=CC(=O)CCc1ccc(-c2cc(C(=O)c3ccc(OC)cc3O)c(O)cc2OC)cc1. The van der Waals surface area contributed by atoms with E-state index in [1.54, 1.807) is 6.07 Å². The molecule has 0 radical (unpaired) electrons. The predicted octanol–water partition coefficient (Wildman–Crippen LogP) is 4.70. The van der Waals surface area contributed by atoms with Crippen molar-refractivity contribution in [1.82, 2.24) is 0 Å². The van der Waals surface area contributed by atoms with E-state index in [4.69, 9.17) is 9.47 Å². The quantitative estimate of drug-likeness (QED) is 0.376. The molecule has 3 aromatic rings. The Kier molecular flexibility index (Phi) is 6.95. The van der Waals surface area contributed by atoms with Gasteiger partial charge in [0.25, 0.3) is 0 Å². The van der Waals surface area contributed by atoms with Crippen molar-refractivity contribution >= 4 is 11.6 Å². The van der Waals surface area contributed by atoms with Crippen LogP contribution in [0.15, 0.2) is 67.3 Å². The second-order valence-corrected chi connectivity index (χ2v) is 7.15. The van der Waals surface area contributed by atoms with Gasteiger partial charge in [-0.25, -0.2) is 0 Å². The Morgan fingerprint density at radius 2 is 1.59 bits per heavy atom. The first-order chi connectivity index (χ1) is 15.4. The number of phenolic OH excluding ortho intramolecular Hbond substituents is 2. The van der Waals surface area contributed by atoms with Gasteiger partial charge >= 0.3 is 0 Å². The minimum Gasteiger partial charge on any atom is -0.507 e. The minimum absolute atomic E-state index is 0.0146. The molecule has 0 unspecified atom stereocenters. The van der Waals surface area contributed by atoms with Crippen molar-refractivity contribution in [3.8, 4) is 34.1 Å². The van der Waals surface area contributed by atoms with Crippen LogP contribution in [0.3, 0.4) is 0 Å². The van der Waals surface area contributed by atoms with Gasteiger partial charge in [0.1, 0.15) is 23.0 Å². The second kappa shape index (κ2) is 9.83. The summed E-state index contributed by atoms with van der Waals surface area (Å²) >= 11 is 0. The fourth-order valence-corrected chi connectivity index (χ4v) is 3.34. The number of ketones is 2. The van der Waals surface area contributed by atoms with Crippen molar-refractivity contribution in [3.05, 3.63) is 83.9 Å². The summed E-state index contributed by atoms with van der Waals surface area (Å²) in [5.41, 5.74) is 2.44. The summed E-state index contributed by atoms with van der Waals surface area (Å²) in [6.45, 7) is 3.48. The molecular formula is C26H24O6. The Morgan fingerprint density at radius 3 is 2.19 bits per heavy atom. The van der Waals surface area contributed by atoms with Crippen molar-refractivity contribution < 1.29 is 29.3 Å². The van der Waals surface area contributed by atoms with Crippen molar-refractivity contribution in [2.45, 2.75) is 12.8 Å². The van der Waals surface area contributed by atoms with E-state index in [0.29, 0.717) is 29.9 Å². The van der Waals surface area contributed by atoms with E-state index in [9.17, 15) is 19.8 Å². The molecule has 6 nitrogen and oxygen atoms in total. The van der Waals surface area contributed by atoms with Crippen LogP contribution in [0.1, 0.15) is 27.9 Å². The van der Waals surface area contributed by atoms with Crippen LogP contribution in [-0.2, 0) is 11.2 Å². The summed E-state index contributed by atoms with van der Waals surface area (Å²) in [5.74, 6) is -0.249. The average Bonchev–Trinajstić information content (AvgIpc) is 2.82. The van der Waals surface area contributed by atoms with Gasteiger partial charge in [-0.15, -0.1) is 0 Å². The molecule has 0 aliphatic heterocycles. The highest BCUT2D eigenvalue weighted by Gasteiger charge is 2.21. The maximum Gasteiger partial charge on any atom is 0.200 e. The number of phenols is 2. The standard InChI is InChI=1S/C26H24O6/c1-4-18(27)10-7-16-5-8-17(9-6-16)21-14-22(24(29)15-25(21)32-3)26(30)20-12-11-19(31-2)13-23(20)28/h4-6,8-9,11-15,28-29H,1,7,10H2,2-3H3. The van der Waals surface area contributed by atoms with Gasteiger partial charge in [0.15, 0.2) is 11.6 Å². The molecule has 0 heterocycles. The molecule has 0 amide bonds. The molecule has 0 spiro atoms. The molecule has 164 valence electrons. The highest BCUT2D eigenvalue weighted by Crippen LogP contribution is 2.38. The van der Waals surface area contributed by atoms with E-state index in [1.165, 1.54) is 44.6 Å². The van der Waals surface area contributed by atoms with Crippen LogP contribution in [-0.4, -0.2) is 36.0 Å². The second-order valence-electron chi connectivity index (χ2n) is 7.15. The molecule has 3 rings (SSSR count). The van der Waals surface area contributed by atoms with Crippen LogP contribution in [0, 0.1) is 0 Å². The summed E-state index contributed by atoms with van der Waals surface area (Å²) in [4.78, 5) is 24.5. The van der Waals surface area contributed by atoms with Crippen molar-refractivity contribution in [1.29, 1.82) is 0 Å². The summed E-state index contributed by atoms with van der Waals surface area (Å²) in [5, 5.41) is 20.7. The van der Waals surface area contributed by atoms with E-state index in [1.807, 2.05) is 24.3 Å². The smallest absolute Gasteiger partial charge is 0.200 e. The number of ether oxygens (including phenoxy) is 2. The summed E-state index contributed by atoms with van der Waals surface area (Å²) < 4.78 is 10.5. The fraction of sp³-hybridized carbons (Fsp3) is 0.154. The molecule has 0 aromatic heterocycles. The topological polar surface area (TPSA) is 93.1 Å². The average molecular weight is 432 g/mol. The lowest BCUT2D eigenvalue weighted by atomic mass is 9.95. The summed E-state index contributed by atoms with van der Waals surface area (Å²) in [6.07, 6.45) is 2.29. The van der Waals surface area contributed by atoms with Crippen molar-refractivity contribution in [2.75, 3.05) is 14.2 Å². The number of carbonyl (C=O) groups excluding carboxylic acids is 2. The van der Waals surface area contributed by atoms with E-state index >= 15 is 0 Å². The molecule has 32 heavy (non-hydrogen) atoms. The number of rotatable bonds is 9. The maximum atomic E-state index is 13.1. The van der Waals surface area contributed by atoms with Gasteiger partial charge in [-0.2, -0.15) is 0 Å². The number of aryl methyl sites for hydroxylation is 1. The molecular weight excluding hydrogens is 408 g/mol. The Hall–Kier alpha value is -4.06. The molecule has 0 bridgehead atoms. The molecule has 6 heteroatoms. The fourth-order valence-electron chi connectivity index (χ4n) is 3.34. The largest absolute Gasteiger partial charge is 0.507 e. The number of methoxy groups -OCH3 is 2. The Bertz CT molecular complexity index is 1160. The monoisotopic (exact) mass is 432 g/mol. The van der Waals surface area contributed by atoms with E-state index < -0.39 is 5.78 Å². The lowest BCUT2D eigenvalue weighted by Crippen LogP contribution is -2.04. The summed E-state index contributed by atoms with van der Waals surface area (Å²) in [6, 6.07) is 14.8. The third-order valence-electron chi connectivity index (χ3n) is 5.16. The Labute approximate surface area is 186 Å². The maximum absolute atomic E-state index is 13.1. The highest BCUT2D eigenvalue weighted by molar-refractivity contribution is 6.13. The van der Waals surface area contributed by atoms with Crippen molar-refractivity contribution in [3.63, 3.8) is 0 Å². The van der Waals surface area contributed by atoms with Gasteiger partial charge in [0.05, 0.1) is 25.3 Å². The number of hydrogen-bond donors (Lipinski definition) is 2. The zero-order valence-corrected chi connectivity index (χ0v) is 17.9. The Balaban J connectivity index is 1.97. The van der Waals surface area contributed by atoms with E-state index in [-0.39, 0.29) is 28.4 Å². The van der Waals surface area contributed by atoms with Gasteiger partial charge < -0.3 is 19.7 Å². The minimum atomic E-state index is -0.536. The molecule has 0 atom stereocenters. The van der Waals surface area contributed by atoms with Crippen molar-refractivity contribution in [2.24, 2.45) is 0 Å². The first kappa shape index (κ1) is 22.6. The van der Waals surface area contributed by atoms with Gasteiger partial charge in [0.2, 0.25) is 0 Å². The van der Waals surface area contributed by atoms with Crippen LogP contribution < -0.4 is 9.47 Å². The third kappa shape index (κ3) is 4.81. The van der Waals surface area contributed by atoms with Crippen LogP contribution >= 0.6 is 0 Å². The van der Waals surface area contributed by atoms with Crippen LogP contribution in [0.5, 0.6) is 23.0 Å². The number of aromatic hydroxyl groups is 2. The van der Waals surface area contributed by atoms with Gasteiger partial charge in [0, 0.05) is 24.1 Å². The van der Waals surface area contributed by atoms with Crippen LogP contribution in [0.4, 0.5) is 0 Å². The van der Waals surface area contributed by atoms with Gasteiger partial charge in [-0.05, 0) is 41.8 Å². The zero-order chi connectivity index (χ0) is 23.3. The summed E-state index contributed by atoms with van der Waals surface area (Å²) in [7, 11) is 2.94. The normalized spacial score (nSPS) is 10.4. The lowest BCUT2D eigenvalue weighted by molar-refractivity contribution is -0.114. The molecule has 0 aliphatic rings. The first-order valence-electron chi connectivity index (χ1n) is 9.95. The van der Waals surface area contributed by atoms with Gasteiger partial charge in [-0.3, -0.25) is 9.59 Å². The van der Waals surface area contributed by atoms with Crippen LogP contribution in [0.25, 0.3) is 11.1 Å². The number of benzene rings is 3. The third-order valence-corrected chi connectivity index (χ3v) is 5.16. The van der Waals surface area contributed by atoms with Gasteiger partial charge in [-0.1, -0.05) is 30.8 Å². The Morgan fingerprint density at radius 1 is 0.906 bits per heavy atom. The van der Waals surface area contributed by atoms with Crippen LogP contribution in [0.2, 0.25) is 0 Å². The van der Waals surface area contributed by atoms with E-state index in [0.717, 1.165) is 11.1 Å². The molecule has 3 aromatic carbocycles. The highest BCUT2D eigenvalue weighted by atomic mass is 16.5. The lowest BCUT2D eigenvalue weighted by Gasteiger charge is -2.14. The first-order valence-corrected chi connectivity index (χ1v) is 9.95. The molecule has 0 saturated heterocycles. The molecule has 0 saturated carbocycles. The zero-order valence-electron chi connectivity index (χ0n) is 17.9. The molecule has 0 fully saturated rings.